The van der Waals surface area contributed by atoms with Gasteiger partial charge in [0, 0.05) is 18.4 Å². The molecule has 1 aromatic carbocycles. The molecule has 1 aromatic heterocycles. The molecule has 0 saturated carbocycles. The first-order chi connectivity index (χ1) is 9.33. The number of hydrogen-bond acceptors (Lipinski definition) is 5. The molecule has 4 rings (SSSR count). The number of aryl methyl sites for hydroxylation is 1. The van der Waals surface area contributed by atoms with Crippen LogP contribution in [0.15, 0.2) is 22.7 Å². The van der Waals surface area contributed by atoms with E-state index in [1.807, 2.05) is 18.2 Å². The molecular weight excluding hydrogens is 246 g/mol. The van der Waals surface area contributed by atoms with Crippen molar-refractivity contribution in [3.63, 3.8) is 0 Å². The minimum absolute atomic E-state index is 0.107. The van der Waals surface area contributed by atoms with E-state index in [0.29, 0.717) is 34.9 Å². The number of ketones is 1. The molecule has 5 nitrogen and oxygen atoms in total. The van der Waals surface area contributed by atoms with Gasteiger partial charge in [-0.2, -0.15) is 0 Å². The minimum Gasteiger partial charge on any atom is -0.454 e. The molecule has 0 spiro atoms. The van der Waals surface area contributed by atoms with Crippen LogP contribution in [-0.2, 0) is 6.42 Å². The number of aromatic nitrogens is 1. The second-order valence-corrected chi connectivity index (χ2v) is 4.67. The SMILES string of the molecule is O=C1CCCc2onc(-c3ccc4c(c3)OCO4)c21. The molecule has 0 amide bonds. The predicted octanol–water partition coefficient (Wildman–Crippen LogP) is 2.59. The zero-order valence-electron chi connectivity index (χ0n) is 10.1. The summed E-state index contributed by atoms with van der Waals surface area (Å²) >= 11 is 0. The first-order valence-corrected chi connectivity index (χ1v) is 6.25. The zero-order valence-corrected chi connectivity index (χ0v) is 10.1. The Morgan fingerprint density at radius 1 is 1.11 bits per heavy atom. The van der Waals surface area contributed by atoms with Crippen molar-refractivity contribution in [1.82, 2.24) is 5.16 Å². The van der Waals surface area contributed by atoms with Crippen molar-refractivity contribution in [3.05, 3.63) is 29.5 Å². The van der Waals surface area contributed by atoms with Crippen molar-refractivity contribution in [3.8, 4) is 22.8 Å². The van der Waals surface area contributed by atoms with Gasteiger partial charge in [-0.15, -0.1) is 0 Å². The number of carbonyl (C=O) groups is 1. The molecule has 0 radical (unpaired) electrons. The van der Waals surface area contributed by atoms with Gasteiger partial charge in [0.2, 0.25) is 6.79 Å². The lowest BCUT2D eigenvalue weighted by Gasteiger charge is -2.08. The summed E-state index contributed by atoms with van der Waals surface area (Å²) in [4.78, 5) is 12.0. The third-order valence-electron chi connectivity index (χ3n) is 3.50. The highest BCUT2D eigenvalue weighted by Crippen LogP contribution is 2.38. The first kappa shape index (κ1) is 10.6. The van der Waals surface area contributed by atoms with Crippen LogP contribution in [0.2, 0.25) is 0 Å². The predicted molar refractivity (Wildman–Crippen MR) is 65.3 cm³/mol. The standard InChI is InChI=1S/C14H11NO4/c16-9-2-1-3-11-13(9)14(15-19-11)8-4-5-10-12(6-8)18-7-17-10/h4-6H,1-3,7H2. The maximum absolute atomic E-state index is 12.0. The normalized spacial score (nSPS) is 16.5. The molecule has 2 heterocycles. The highest BCUT2D eigenvalue weighted by molar-refractivity contribution is 6.03. The number of carbonyl (C=O) groups excluding carboxylic acids is 1. The highest BCUT2D eigenvalue weighted by Gasteiger charge is 2.27. The van der Waals surface area contributed by atoms with Crippen molar-refractivity contribution in [2.24, 2.45) is 0 Å². The Hall–Kier alpha value is -2.30. The van der Waals surface area contributed by atoms with Crippen LogP contribution in [0.1, 0.15) is 29.0 Å². The monoisotopic (exact) mass is 257 g/mol. The Labute approximate surface area is 109 Å². The third kappa shape index (κ3) is 1.54. The fourth-order valence-corrected chi connectivity index (χ4v) is 2.56. The van der Waals surface area contributed by atoms with Crippen LogP contribution >= 0.6 is 0 Å². The van der Waals surface area contributed by atoms with Gasteiger partial charge in [0.05, 0.1) is 5.56 Å². The van der Waals surface area contributed by atoms with E-state index in [-0.39, 0.29) is 12.6 Å². The molecule has 96 valence electrons. The molecule has 2 aromatic rings. The van der Waals surface area contributed by atoms with Crippen molar-refractivity contribution in [2.75, 3.05) is 6.79 Å². The molecule has 0 fully saturated rings. The Morgan fingerprint density at radius 3 is 2.95 bits per heavy atom. The summed E-state index contributed by atoms with van der Waals surface area (Å²) in [6.07, 6.45) is 2.17. The third-order valence-corrected chi connectivity index (χ3v) is 3.50. The van der Waals surface area contributed by atoms with Crippen molar-refractivity contribution in [2.45, 2.75) is 19.3 Å². The van der Waals surface area contributed by atoms with Gasteiger partial charge in [-0.25, -0.2) is 0 Å². The second-order valence-electron chi connectivity index (χ2n) is 4.67. The topological polar surface area (TPSA) is 61.6 Å². The van der Waals surface area contributed by atoms with E-state index in [0.717, 1.165) is 18.4 Å². The van der Waals surface area contributed by atoms with E-state index in [1.165, 1.54) is 0 Å². The maximum Gasteiger partial charge on any atom is 0.231 e. The Balaban J connectivity index is 1.85. The van der Waals surface area contributed by atoms with Crippen LogP contribution in [0.4, 0.5) is 0 Å². The van der Waals surface area contributed by atoms with Crippen molar-refractivity contribution in [1.29, 1.82) is 0 Å². The summed E-state index contributed by atoms with van der Waals surface area (Å²) in [6.45, 7) is 0.231. The molecule has 0 saturated heterocycles. The fourth-order valence-electron chi connectivity index (χ4n) is 2.56. The molecule has 0 atom stereocenters. The van der Waals surface area contributed by atoms with Gasteiger partial charge in [0.1, 0.15) is 11.5 Å². The molecular formula is C14H11NO4. The molecule has 1 aliphatic heterocycles. The minimum atomic E-state index is 0.107. The van der Waals surface area contributed by atoms with Gasteiger partial charge in [-0.1, -0.05) is 5.16 Å². The van der Waals surface area contributed by atoms with E-state index in [1.54, 1.807) is 0 Å². The van der Waals surface area contributed by atoms with Crippen LogP contribution in [-0.4, -0.2) is 17.7 Å². The lowest BCUT2D eigenvalue weighted by Crippen LogP contribution is -2.09. The second kappa shape index (κ2) is 3.85. The number of hydrogen-bond donors (Lipinski definition) is 0. The van der Waals surface area contributed by atoms with Gasteiger partial charge in [0.25, 0.3) is 0 Å². The molecule has 1 aliphatic carbocycles. The highest BCUT2D eigenvalue weighted by atomic mass is 16.7. The maximum atomic E-state index is 12.0. The Kier molecular flexibility index (Phi) is 2.15. The van der Waals surface area contributed by atoms with Crippen molar-refractivity contribution >= 4 is 5.78 Å². The lowest BCUT2D eigenvalue weighted by atomic mass is 9.93. The van der Waals surface area contributed by atoms with E-state index in [2.05, 4.69) is 5.16 Å². The molecule has 0 unspecified atom stereocenters. The van der Waals surface area contributed by atoms with Gasteiger partial charge in [0.15, 0.2) is 17.3 Å². The van der Waals surface area contributed by atoms with Gasteiger partial charge < -0.3 is 14.0 Å². The van der Waals surface area contributed by atoms with Crippen LogP contribution in [0.5, 0.6) is 11.5 Å². The summed E-state index contributed by atoms with van der Waals surface area (Å²) in [6, 6.07) is 5.53. The van der Waals surface area contributed by atoms with E-state index in [9.17, 15) is 4.79 Å². The van der Waals surface area contributed by atoms with Crippen LogP contribution in [0, 0.1) is 0 Å². The molecule has 0 bridgehead atoms. The van der Waals surface area contributed by atoms with Crippen LogP contribution < -0.4 is 9.47 Å². The average Bonchev–Trinajstić information content (AvgIpc) is 3.04. The Morgan fingerprint density at radius 2 is 2.00 bits per heavy atom. The molecule has 5 heteroatoms. The Bertz CT molecular complexity index is 674. The first-order valence-electron chi connectivity index (χ1n) is 6.25. The van der Waals surface area contributed by atoms with Crippen molar-refractivity contribution < 1.29 is 18.8 Å². The molecule has 2 aliphatic rings. The van der Waals surface area contributed by atoms with E-state index >= 15 is 0 Å². The average molecular weight is 257 g/mol. The van der Waals surface area contributed by atoms with E-state index < -0.39 is 0 Å². The number of fused-ring (bicyclic) bond motifs is 2. The number of ether oxygens (including phenoxy) is 2. The van der Waals surface area contributed by atoms with E-state index in [4.69, 9.17) is 14.0 Å². The summed E-state index contributed by atoms with van der Waals surface area (Å²) in [5, 5.41) is 4.05. The summed E-state index contributed by atoms with van der Waals surface area (Å²) in [7, 11) is 0. The number of Topliss-reactive ketones (excluding diaryl/α,β-unsaturated/α-hetero) is 1. The number of nitrogens with zero attached hydrogens (tertiary/aromatic N) is 1. The molecule has 0 N–H and O–H groups in total. The van der Waals surface area contributed by atoms with Crippen LogP contribution in [0.3, 0.4) is 0 Å². The van der Waals surface area contributed by atoms with Gasteiger partial charge in [-0.05, 0) is 24.6 Å². The van der Waals surface area contributed by atoms with Gasteiger partial charge in [-0.3, -0.25) is 4.79 Å². The largest absolute Gasteiger partial charge is 0.454 e. The summed E-state index contributed by atoms with van der Waals surface area (Å²) < 4.78 is 15.9. The smallest absolute Gasteiger partial charge is 0.231 e. The zero-order chi connectivity index (χ0) is 12.8. The van der Waals surface area contributed by atoms with Gasteiger partial charge >= 0.3 is 0 Å². The lowest BCUT2D eigenvalue weighted by molar-refractivity contribution is 0.0969. The quantitative estimate of drug-likeness (QED) is 0.785. The number of rotatable bonds is 1. The number of benzene rings is 1. The van der Waals surface area contributed by atoms with Crippen LogP contribution in [0.25, 0.3) is 11.3 Å². The summed E-state index contributed by atoms with van der Waals surface area (Å²) in [5.41, 5.74) is 2.06. The fraction of sp³-hybridized carbons (Fsp3) is 0.286. The molecule has 19 heavy (non-hydrogen) atoms. The summed E-state index contributed by atoms with van der Waals surface area (Å²) in [5.74, 6) is 2.20.